The van der Waals surface area contributed by atoms with Gasteiger partial charge in [-0.2, -0.15) is 0 Å². The molecule has 0 radical (unpaired) electrons. The van der Waals surface area contributed by atoms with Crippen LogP contribution in [0.25, 0.3) is 0 Å². The summed E-state index contributed by atoms with van der Waals surface area (Å²) in [7, 11) is 0. The molecule has 3 N–H and O–H groups in total. The minimum absolute atomic E-state index is 0. The van der Waals surface area contributed by atoms with Gasteiger partial charge in [0.1, 0.15) is 6.04 Å². The molecule has 2 unspecified atom stereocenters. The van der Waals surface area contributed by atoms with Gasteiger partial charge in [0.25, 0.3) is 0 Å². The molecule has 0 bridgehead atoms. The van der Waals surface area contributed by atoms with E-state index in [0.29, 0.717) is 19.6 Å². The van der Waals surface area contributed by atoms with E-state index in [4.69, 9.17) is 5.11 Å². The molecule has 0 heterocycles. The van der Waals surface area contributed by atoms with E-state index >= 15 is 0 Å². The molecule has 0 aliphatic rings. The fourth-order valence-electron chi connectivity index (χ4n) is 2.17. The van der Waals surface area contributed by atoms with Gasteiger partial charge >= 0.3 is 57.4 Å². The van der Waals surface area contributed by atoms with Crippen LogP contribution in [0.1, 0.15) is 52.9 Å². The first-order chi connectivity index (χ1) is 10.9. The Morgan fingerprint density at radius 1 is 1.33 bits per heavy atom. The molecule has 0 saturated heterocycles. The van der Waals surface area contributed by atoms with Crippen LogP contribution in [0.5, 0.6) is 0 Å². The summed E-state index contributed by atoms with van der Waals surface area (Å²) >= 11 is 0. The van der Waals surface area contributed by atoms with Crippen molar-refractivity contribution in [3.05, 3.63) is 11.8 Å². The number of carboxylic acids is 1. The molecule has 136 valence electrons. The second-order valence-electron chi connectivity index (χ2n) is 5.94. The molecule has 0 spiro atoms. The van der Waals surface area contributed by atoms with Gasteiger partial charge in [0.15, 0.2) is 0 Å². The maximum atomic E-state index is 11.8. The van der Waals surface area contributed by atoms with E-state index in [1.165, 1.54) is 0 Å². The Kier molecular flexibility index (Phi) is 18.9. The van der Waals surface area contributed by atoms with E-state index in [0.717, 1.165) is 32.1 Å². The Morgan fingerprint density at radius 3 is 2.54 bits per heavy atom. The summed E-state index contributed by atoms with van der Waals surface area (Å²) in [4.78, 5) is 12.8. The van der Waals surface area contributed by atoms with Crippen LogP contribution in [0.15, 0.2) is 11.8 Å². The molecule has 0 aromatic carbocycles. The molecule has 24 heavy (non-hydrogen) atoms. The number of aliphatic carboxylic acids is 1. The first-order valence-electron chi connectivity index (χ1n) is 8.64. The Hall–Kier alpha value is 0.526. The number of aliphatic hydroxyl groups excluding tert-OH is 1. The summed E-state index contributed by atoms with van der Waals surface area (Å²) in [6.07, 6.45) is 5.68. The van der Waals surface area contributed by atoms with Crippen molar-refractivity contribution in [2.45, 2.75) is 65.0 Å². The van der Waals surface area contributed by atoms with Gasteiger partial charge in [-0.3, -0.25) is 9.69 Å². The zero-order valence-electron chi connectivity index (χ0n) is 15.8. The monoisotopic (exact) mass is 368 g/mol. The first-order valence-corrected chi connectivity index (χ1v) is 8.64. The van der Waals surface area contributed by atoms with Crippen LogP contribution in [-0.4, -0.2) is 59.4 Å². The van der Waals surface area contributed by atoms with E-state index in [1.54, 1.807) is 17.9 Å². The maximum Gasteiger partial charge on any atom is 1.00 e. The summed E-state index contributed by atoms with van der Waals surface area (Å²) in [5.41, 5.74) is 0. The number of nitrogens with one attached hydrogen (secondary N) is 1. The largest absolute Gasteiger partial charge is 1.00 e. The van der Waals surface area contributed by atoms with Crippen molar-refractivity contribution in [2.24, 2.45) is 0 Å². The fraction of sp³-hybridized carbons (Fsp3) is 0.824. The molecule has 0 saturated carbocycles. The minimum Gasteiger partial charge on any atom is -0.875 e. The van der Waals surface area contributed by atoms with E-state index in [1.807, 2.05) is 6.92 Å². The number of aliphatic hydroxyl groups is 1. The smallest absolute Gasteiger partial charge is 0.875 e. The molecule has 0 fully saturated rings. The molecular weight excluding hydrogens is 335 g/mol. The van der Waals surface area contributed by atoms with Crippen LogP contribution < -0.4 is 61.8 Å². The molecule has 7 heteroatoms. The van der Waals surface area contributed by atoms with Gasteiger partial charge in [0.2, 0.25) is 0 Å². The quantitative estimate of drug-likeness (QED) is 0.186. The zero-order chi connectivity index (χ0) is 17.7. The van der Waals surface area contributed by atoms with Gasteiger partial charge in [-0.25, -0.2) is 0 Å². The average Bonchev–Trinajstić information content (AvgIpc) is 2.52. The molecule has 6 nitrogen and oxygen atoms in total. The van der Waals surface area contributed by atoms with Crippen molar-refractivity contribution < 1.29 is 71.5 Å². The van der Waals surface area contributed by atoms with Crippen LogP contribution in [-0.2, 0) is 4.79 Å². The third-order valence-corrected chi connectivity index (χ3v) is 3.77. The summed E-state index contributed by atoms with van der Waals surface area (Å²) in [6.45, 7) is 7.28. The second-order valence-corrected chi connectivity index (χ2v) is 5.94. The van der Waals surface area contributed by atoms with Crippen molar-refractivity contribution >= 4 is 5.97 Å². The van der Waals surface area contributed by atoms with Crippen molar-refractivity contribution in [1.82, 2.24) is 10.2 Å². The third-order valence-electron chi connectivity index (χ3n) is 3.77. The normalized spacial score (nSPS) is 14.3. The van der Waals surface area contributed by atoms with E-state index in [9.17, 15) is 15.0 Å². The number of unbranched alkanes of at least 4 members (excludes halogenated alkanes) is 2. The number of hydrogen-bond acceptors (Lipinski definition) is 5. The van der Waals surface area contributed by atoms with Crippen LogP contribution in [0.4, 0.5) is 0 Å². The van der Waals surface area contributed by atoms with Gasteiger partial charge in [-0.05, 0) is 19.8 Å². The molecule has 0 rings (SSSR count). The van der Waals surface area contributed by atoms with Crippen molar-refractivity contribution in [3.63, 3.8) is 0 Å². The number of allylic oxidation sites excluding steroid dienone is 1. The molecule has 0 aliphatic heterocycles. The molecule has 2 atom stereocenters. The van der Waals surface area contributed by atoms with Crippen LogP contribution in [0.3, 0.4) is 0 Å². The second kappa shape index (κ2) is 17.0. The molecular formula is C17H33KN2O4. The number of hydrogen-bond donors (Lipinski definition) is 3. The first kappa shape index (κ1) is 26.8. The zero-order valence-corrected chi connectivity index (χ0v) is 18.9. The van der Waals surface area contributed by atoms with E-state index in [-0.39, 0.29) is 69.8 Å². The summed E-state index contributed by atoms with van der Waals surface area (Å²) in [5, 5.41) is 33.9. The summed E-state index contributed by atoms with van der Waals surface area (Å²) in [6, 6.07) is -0.708. The fourth-order valence-corrected chi connectivity index (χ4v) is 2.17. The molecule has 0 amide bonds. The standard InChI is InChI=1S/C17H34N2O4.K/c1-4-6-8-15(20)12-18-10-11-19(14(3)17(22)23)13-16(21)9-7-5-2;/h9,14-15,18,20-21H,4-8,10-13H2,1-3H3,(H,22,23);/q;+1/p-1/b16-9-;. The molecule has 0 aromatic rings. The van der Waals surface area contributed by atoms with Gasteiger partial charge in [-0.15, -0.1) is 5.76 Å². The number of rotatable bonds is 14. The van der Waals surface area contributed by atoms with Gasteiger partial charge in [0.05, 0.1) is 6.10 Å². The Bertz CT molecular complexity index is 353. The molecule has 0 aliphatic carbocycles. The number of nitrogens with zero attached hydrogens (tertiary/aromatic N) is 1. The SMILES string of the molecule is CCC/C=C(\[O-])CN(CCNCC(O)CCCC)C(C)C(=O)O.[K+]. The predicted octanol–water partition coefficient (Wildman–Crippen LogP) is -2.05. The average molecular weight is 369 g/mol. The Balaban J connectivity index is 0. The Morgan fingerprint density at radius 2 is 2.00 bits per heavy atom. The van der Waals surface area contributed by atoms with E-state index < -0.39 is 12.0 Å². The third kappa shape index (κ3) is 13.8. The number of carbonyl (C=O) groups is 1. The van der Waals surface area contributed by atoms with Crippen molar-refractivity contribution in [1.29, 1.82) is 0 Å². The summed E-state index contributed by atoms with van der Waals surface area (Å²) in [5.74, 6) is -0.973. The van der Waals surface area contributed by atoms with Crippen molar-refractivity contribution in [2.75, 3.05) is 26.2 Å². The van der Waals surface area contributed by atoms with Gasteiger partial charge < -0.3 is 20.6 Å². The van der Waals surface area contributed by atoms with Gasteiger partial charge in [0, 0.05) is 26.2 Å². The maximum absolute atomic E-state index is 11.8. The van der Waals surface area contributed by atoms with Crippen LogP contribution in [0.2, 0.25) is 0 Å². The van der Waals surface area contributed by atoms with Gasteiger partial charge in [-0.1, -0.05) is 39.2 Å². The van der Waals surface area contributed by atoms with Crippen LogP contribution >= 0.6 is 0 Å². The Labute approximate surface area is 189 Å². The van der Waals surface area contributed by atoms with E-state index in [2.05, 4.69) is 12.2 Å². The predicted molar refractivity (Wildman–Crippen MR) is 90.1 cm³/mol. The molecule has 0 aromatic heterocycles. The van der Waals surface area contributed by atoms with Crippen LogP contribution in [0, 0.1) is 0 Å². The topological polar surface area (TPSA) is 95.9 Å². The summed E-state index contributed by atoms with van der Waals surface area (Å²) < 4.78 is 0. The van der Waals surface area contributed by atoms with Crippen molar-refractivity contribution in [3.8, 4) is 0 Å². The minimum atomic E-state index is -0.934. The number of carboxylic acid groups (broad SMARTS) is 1.